The van der Waals surface area contributed by atoms with E-state index in [1.807, 2.05) is 6.92 Å². The van der Waals surface area contributed by atoms with Crippen molar-refractivity contribution in [3.05, 3.63) is 27.0 Å². The fourth-order valence-electron chi connectivity index (χ4n) is 2.54. The van der Waals surface area contributed by atoms with Crippen LogP contribution in [0.2, 0.25) is 0 Å². The first kappa shape index (κ1) is 23.4. The van der Waals surface area contributed by atoms with Crippen molar-refractivity contribution in [2.45, 2.75) is 38.5 Å². The average Bonchev–Trinajstić information content (AvgIpc) is 2.99. The summed E-state index contributed by atoms with van der Waals surface area (Å²) >= 11 is 3.88. The molecule has 1 aromatic heterocycles. The Morgan fingerprint density at radius 1 is 1.43 bits per heavy atom. The van der Waals surface area contributed by atoms with Crippen molar-refractivity contribution in [2.75, 3.05) is 13.2 Å². The van der Waals surface area contributed by atoms with Crippen LogP contribution in [0.25, 0.3) is 10.1 Å². The SMILES string of the molecule is CCCC(CO)Oc1cc(C(N)=O)cc2c(Br)c(C(F)(F)P(O)OCC)sc12. The highest BCUT2D eigenvalue weighted by Crippen LogP contribution is 2.61. The number of aliphatic hydroxyl groups is 1. The van der Waals surface area contributed by atoms with Gasteiger partial charge in [0, 0.05) is 15.4 Å². The molecule has 0 saturated heterocycles. The Morgan fingerprint density at radius 2 is 2.11 bits per heavy atom. The Balaban J connectivity index is 2.64. The summed E-state index contributed by atoms with van der Waals surface area (Å²) in [6.07, 6.45) is 0.727. The largest absolute Gasteiger partial charge is 0.487 e. The second-order valence-electron chi connectivity index (χ2n) is 5.90. The predicted octanol–water partition coefficient (Wildman–Crippen LogP) is 4.69. The van der Waals surface area contributed by atoms with Gasteiger partial charge >= 0.3 is 5.66 Å². The van der Waals surface area contributed by atoms with Crippen LogP contribution < -0.4 is 10.5 Å². The molecule has 0 radical (unpaired) electrons. The lowest BCUT2D eigenvalue weighted by atomic mass is 10.1. The first-order valence-corrected chi connectivity index (χ1v) is 11.3. The molecule has 1 heterocycles. The summed E-state index contributed by atoms with van der Waals surface area (Å²) in [5.41, 5.74) is 1.82. The van der Waals surface area contributed by atoms with Crippen LogP contribution in [0.3, 0.4) is 0 Å². The van der Waals surface area contributed by atoms with E-state index in [1.54, 1.807) is 0 Å². The van der Waals surface area contributed by atoms with Gasteiger partial charge in [0.1, 0.15) is 11.9 Å². The molecule has 2 unspecified atom stereocenters. The molecular weight excluding hydrogens is 479 g/mol. The zero-order valence-electron chi connectivity index (χ0n) is 15.2. The van der Waals surface area contributed by atoms with E-state index in [2.05, 4.69) is 15.9 Å². The van der Waals surface area contributed by atoms with Crippen LogP contribution in [0.1, 0.15) is 41.9 Å². The van der Waals surface area contributed by atoms with Gasteiger partial charge in [0.05, 0.1) is 22.8 Å². The molecular formula is C17H21BrF2NO5PS. The number of nitrogens with two attached hydrogens (primary N) is 1. The van der Waals surface area contributed by atoms with Gasteiger partial charge in [-0.15, -0.1) is 11.3 Å². The minimum absolute atomic E-state index is 0.0303. The number of rotatable bonds is 10. The predicted molar refractivity (Wildman–Crippen MR) is 109 cm³/mol. The van der Waals surface area contributed by atoms with Crippen LogP contribution in [0.4, 0.5) is 8.78 Å². The summed E-state index contributed by atoms with van der Waals surface area (Å²) in [6, 6.07) is 2.76. The molecule has 0 spiro atoms. The standard InChI is InChI=1S/C17H21BrF2NO5PS/c1-3-5-10(8-22)26-12-7-9(16(21)23)6-11-13(18)15(28-14(11)12)17(19,20)27(24)25-4-2/h6-7,10,22,24H,3-5,8H2,1-2H3,(H2,21,23). The normalized spacial score (nSPS) is 14.2. The third-order valence-electron chi connectivity index (χ3n) is 3.85. The van der Waals surface area contributed by atoms with Gasteiger partial charge in [-0.05, 0) is 41.4 Å². The molecule has 0 fully saturated rings. The summed E-state index contributed by atoms with van der Waals surface area (Å²) in [5.74, 6) is -0.571. The van der Waals surface area contributed by atoms with Crippen LogP contribution in [0.15, 0.2) is 16.6 Å². The maximum atomic E-state index is 14.7. The molecule has 0 aliphatic carbocycles. The van der Waals surface area contributed by atoms with Crippen LogP contribution in [0, 0.1) is 0 Å². The zero-order valence-corrected chi connectivity index (χ0v) is 18.5. The first-order chi connectivity index (χ1) is 13.2. The van der Waals surface area contributed by atoms with Crippen molar-refractivity contribution < 1.29 is 32.8 Å². The van der Waals surface area contributed by atoms with Gasteiger partial charge in [0.25, 0.3) is 0 Å². The van der Waals surface area contributed by atoms with Crippen molar-refractivity contribution in [1.29, 1.82) is 0 Å². The minimum Gasteiger partial charge on any atom is -0.487 e. The Bertz CT molecular complexity index is 851. The fourth-order valence-corrected chi connectivity index (χ4v) is 5.70. The van der Waals surface area contributed by atoms with E-state index in [9.17, 15) is 23.6 Å². The Hall–Kier alpha value is -0.900. The number of fused-ring (bicyclic) bond motifs is 1. The molecule has 0 aliphatic rings. The van der Waals surface area contributed by atoms with Gasteiger partial charge in [-0.25, -0.2) is 0 Å². The third kappa shape index (κ3) is 4.80. The lowest BCUT2D eigenvalue weighted by Crippen LogP contribution is -2.21. The Morgan fingerprint density at radius 3 is 2.64 bits per heavy atom. The number of hydrogen-bond donors (Lipinski definition) is 3. The second kappa shape index (κ2) is 9.73. The Kier molecular flexibility index (Phi) is 8.13. The smallest absolute Gasteiger partial charge is 0.349 e. The highest BCUT2D eigenvalue weighted by atomic mass is 79.9. The van der Waals surface area contributed by atoms with E-state index in [0.717, 1.165) is 17.8 Å². The fraction of sp³-hybridized carbons (Fsp3) is 0.471. The average molecular weight is 500 g/mol. The van der Waals surface area contributed by atoms with Crippen molar-refractivity contribution in [1.82, 2.24) is 0 Å². The van der Waals surface area contributed by atoms with Gasteiger partial charge in [-0.1, -0.05) is 13.3 Å². The summed E-state index contributed by atoms with van der Waals surface area (Å²) in [5, 5.41) is 9.81. The summed E-state index contributed by atoms with van der Waals surface area (Å²) in [4.78, 5) is 21.0. The number of ether oxygens (including phenoxy) is 1. The highest BCUT2D eigenvalue weighted by Gasteiger charge is 2.46. The van der Waals surface area contributed by atoms with E-state index in [4.69, 9.17) is 15.0 Å². The second-order valence-corrected chi connectivity index (χ2v) is 9.08. The number of halogens is 3. The number of amides is 1. The molecule has 1 amide bonds. The molecule has 0 bridgehead atoms. The molecule has 4 N–H and O–H groups in total. The van der Waals surface area contributed by atoms with Crippen LogP contribution in [-0.4, -0.2) is 35.2 Å². The van der Waals surface area contributed by atoms with Crippen LogP contribution in [-0.2, 0) is 10.2 Å². The molecule has 0 saturated carbocycles. The van der Waals surface area contributed by atoms with Gasteiger partial charge in [-0.2, -0.15) is 8.78 Å². The van der Waals surface area contributed by atoms with E-state index in [0.29, 0.717) is 16.5 Å². The Labute approximate surface area is 174 Å². The molecule has 6 nitrogen and oxygen atoms in total. The first-order valence-electron chi connectivity index (χ1n) is 8.50. The molecule has 2 atom stereocenters. The maximum absolute atomic E-state index is 14.7. The number of benzene rings is 1. The van der Waals surface area contributed by atoms with E-state index < -0.39 is 30.9 Å². The molecule has 11 heteroatoms. The zero-order chi connectivity index (χ0) is 21.1. The van der Waals surface area contributed by atoms with E-state index >= 15 is 0 Å². The van der Waals surface area contributed by atoms with Gasteiger partial charge in [0.2, 0.25) is 14.3 Å². The molecule has 0 aliphatic heterocycles. The number of aliphatic hydroxyl groups excluding tert-OH is 1. The number of alkyl halides is 2. The summed E-state index contributed by atoms with van der Waals surface area (Å²) in [6.45, 7) is 3.10. The quantitative estimate of drug-likeness (QED) is 0.411. The number of carbonyl (C=O) groups is 1. The monoisotopic (exact) mass is 499 g/mol. The van der Waals surface area contributed by atoms with Crippen LogP contribution in [0.5, 0.6) is 5.75 Å². The van der Waals surface area contributed by atoms with Crippen molar-refractivity contribution >= 4 is 51.6 Å². The lowest BCUT2D eigenvalue weighted by molar-refractivity contribution is 0.0687. The van der Waals surface area contributed by atoms with Gasteiger partial charge < -0.3 is 25.0 Å². The van der Waals surface area contributed by atoms with Gasteiger partial charge in [0.15, 0.2) is 0 Å². The topological polar surface area (TPSA) is 102 Å². The highest BCUT2D eigenvalue weighted by molar-refractivity contribution is 9.10. The van der Waals surface area contributed by atoms with Crippen LogP contribution >= 0.6 is 35.6 Å². The minimum atomic E-state index is -3.63. The number of thiophene rings is 1. The molecule has 28 heavy (non-hydrogen) atoms. The molecule has 156 valence electrons. The van der Waals surface area contributed by atoms with Crippen molar-refractivity contribution in [2.24, 2.45) is 5.73 Å². The lowest BCUT2D eigenvalue weighted by Gasteiger charge is -2.20. The number of carbonyl (C=O) groups excluding carboxylic acids is 1. The van der Waals surface area contributed by atoms with E-state index in [-0.39, 0.29) is 29.0 Å². The maximum Gasteiger partial charge on any atom is 0.349 e. The molecule has 1 aromatic carbocycles. The summed E-state index contributed by atoms with van der Waals surface area (Å²) in [7, 11) is -3.03. The van der Waals surface area contributed by atoms with Gasteiger partial charge in [-0.3, -0.25) is 4.79 Å². The van der Waals surface area contributed by atoms with Crippen molar-refractivity contribution in [3.63, 3.8) is 0 Å². The number of hydrogen-bond acceptors (Lipinski definition) is 6. The summed E-state index contributed by atoms with van der Waals surface area (Å²) < 4.78 is 40.4. The molecule has 2 rings (SSSR count). The molecule has 2 aromatic rings. The third-order valence-corrected chi connectivity index (χ3v) is 7.59. The number of primary amides is 1. The van der Waals surface area contributed by atoms with Crippen molar-refractivity contribution in [3.8, 4) is 5.75 Å². The van der Waals surface area contributed by atoms with E-state index in [1.165, 1.54) is 19.1 Å².